The summed E-state index contributed by atoms with van der Waals surface area (Å²) < 4.78 is 15.6. The van der Waals surface area contributed by atoms with Gasteiger partial charge in [-0.05, 0) is 37.6 Å². The van der Waals surface area contributed by atoms with E-state index in [1.807, 2.05) is 24.3 Å². The van der Waals surface area contributed by atoms with Crippen molar-refractivity contribution in [1.82, 2.24) is 9.78 Å². The molecule has 0 radical (unpaired) electrons. The molecular weight excluding hydrogens is 389 g/mol. The molecule has 2 heterocycles. The van der Waals surface area contributed by atoms with Crippen LogP contribution in [0.5, 0.6) is 0 Å². The first-order chi connectivity index (χ1) is 14.0. The smallest absolute Gasteiger partial charge is 0.282 e. The van der Waals surface area contributed by atoms with Crippen molar-refractivity contribution in [2.75, 3.05) is 11.4 Å². The molecule has 1 atom stereocenters. The zero-order valence-corrected chi connectivity index (χ0v) is 16.9. The van der Waals surface area contributed by atoms with Crippen LogP contribution in [-0.4, -0.2) is 27.5 Å². The van der Waals surface area contributed by atoms with Crippen LogP contribution in [0.3, 0.4) is 0 Å². The molecule has 0 bridgehead atoms. The lowest BCUT2D eigenvalue weighted by Crippen LogP contribution is -2.37. The molecule has 4 rings (SSSR count). The second-order valence-corrected chi connectivity index (χ2v) is 8.48. The number of aryl methyl sites for hydroxylation is 1. The number of amides is 1. The molecule has 1 aromatic heterocycles. The molecule has 1 amide bonds. The Kier molecular flexibility index (Phi) is 5.24. The number of para-hydroxylation sites is 2. The molecular formula is C22H20FN3O2S. The molecule has 2 aromatic carbocycles. The average molecular weight is 409 g/mol. The lowest BCUT2D eigenvalue weighted by atomic mass is 10.2. The highest BCUT2D eigenvalue weighted by atomic mass is 32.2. The molecule has 0 saturated carbocycles. The third-order valence-electron chi connectivity index (χ3n) is 4.88. The molecule has 148 valence electrons. The fourth-order valence-electron chi connectivity index (χ4n) is 3.39. The van der Waals surface area contributed by atoms with Crippen molar-refractivity contribution in [2.24, 2.45) is 0 Å². The van der Waals surface area contributed by atoms with E-state index in [2.05, 4.69) is 12.0 Å². The van der Waals surface area contributed by atoms with Crippen molar-refractivity contribution in [3.63, 3.8) is 0 Å². The highest BCUT2D eigenvalue weighted by Gasteiger charge is 2.28. The first-order valence-corrected chi connectivity index (χ1v) is 10.3. The number of anilines is 1. The fraction of sp³-hybridized carbons (Fsp3) is 0.227. The number of hydrogen-bond acceptors (Lipinski definition) is 4. The van der Waals surface area contributed by atoms with Gasteiger partial charge in [-0.2, -0.15) is 5.10 Å². The highest BCUT2D eigenvalue weighted by molar-refractivity contribution is 8.00. The molecule has 5 nitrogen and oxygen atoms in total. The van der Waals surface area contributed by atoms with Gasteiger partial charge in [0.05, 0.1) is 5.69 Å². The van der Waals surface area contributed by atoms with Crippen LogP contribution in [0.4, 0.5) is 10.1 Å². The lowest BCUT2D eigenvalue weighted by Gasteiger charge is -2.22. The van der Waals surface area contributed by atoms with Crippen LogP contribution in [0, 0.1) is 12.7 Å². The first kappa shape index (κ1) is 19.4. The highest BCUT2D eigenvalue weighted by Crippen LogP contribution is 2.37. The zero-order valence-electron chi connectivity index (χ0n) is 16.1. The third-order valence-corrected chi connectivity index (χ3v) is 6.12. The molecule has 3 aromatic rings. The zero-order chi connectivity index (χ0) is 20.5. The maximum Gasteiger partial charge on any atom is 0.282 e. The number of hydrogen-bond donors (Lipinski definition) is 0. The number of carbonyl (C=O) groups is 1. The topological polar surface area (TPSA) is 55.2 Å². The van der Waals surface area contributed by atoms with Gasteiger partial charge in [0.1, 0.15) is 11.5 Å². The molecule has 7 heteroatoms. The number of fused-ring (bicyclic) bond motifs is 1. The molecule has 0 saturated heterocycles. The number of nitrogens with zero attached hydrogens (tertiary/aromatic N) is 3. The predicted molar refractivity (Wildman–Crippen MR) is 113 cm³/mol. The van der Waals surface area contributed by atoms with Gasteiger partial charge in [0.2, 0.25) is 5.43 Å². The molecule has 1 aliphatic heterocycles. The maximum absolute atomic E-state index is 14.3. The second-order valence-electron chi connectivity index (χ2n) is 7.00. The van der Waals surface area contributed by atoms with Crippen LogP contribution in [0.15, 0.2) is 64.3 Å². The van der Waals surface area contributed by atoms with Gasteiger partial charge < -0.3 is 4.90 Å². The fourth-order valence-corrected chi connectivity index (χ4v) is 4.50. The number of aromatic nitrogens is 2. The summed E-state index contributed by atoms with van der Waals surface area (Å²) in [6, 6.07) is 15.1. The van der Waals surface area contributed by atoms with Crippen molar-refractivity contribution in [3.05, 3.63) is 82.0 Å². The van der Waals surface area contributed by atoms with Crippen LogP contribution in [0.2, 0.25) is 0 Å². The minimum atomic E-state index is -0.476. The molecule has 0 fully saturated rings. The van der Waals surface area contributed by atoms with E-state index < -0.39 is 17.2 Å². The second kappa shape index (κ2) is 7.83. The van der Waals surface area contributed by atoms with E-state index in [1.54, 1.807) is 41.8 Å². The molecule has 0 N–H and O–H groups in total. The maximum atomic E-state index is 14.3. The number of benzene rings is 2. The summed E-state index contributed by atoms with van der Waals surface area (Å²) in [5.41, 5.74) is 0.735. The Morgan fingerprint density at radius 2 is 1.83 bits per heavy atom. The average Bonchev–Trinajstić information content (AvgIpc) is 2.86. The number of halogens is 1. The van der Waals surface area contributed by atoms with Crippen LogP contribution in [0.25, 0.3) is 5.69 Å². The largest absolute Gasteiger partial charge is 0.306 e. The predicted octanol–water partition coefficient (Wildman–Crippen LogP) is 4.21. The van der Waals surface area contributed by atoms with Crippen molar-refractivity contribution >= 4 is 23.4 Å². The minimum Gasteiger partial charge on any atom is -0.306 e. The summed E-state index contributed by atoms with van der Waals surface area (Å²) in [6.45, 7) is 4.26. The lowest BCUT2D eigenvalue weighted by molar-refractivity contribution is 0.0978. The molecule has 0 spiro atoms. The van der Waals surface area contributed by atoms with Crippen molar-refractivity contribution in [3.8, 4) is 5.69 Å². The summed E-state index contributed by atoms with van der Waals surface area (Å²) in [5.74, 6) is -0.947. The van der Waals surface area contributed by atoms with Crippen LogP contribution >= 0.6 is 11.8 Å². The Hall–Kier alpha value is -2.93. The van der Waals surface area contributed by atoms with E-state index in [0.717, 1.165) is 17.0 Å². The van der Waals surface area contributed by atoms with Crippen molar-refractivity contribution in [2.45, 2.75) is 30.4 Å². The van der Waals surface area contributed by atoms with Gasteiger partial charge in [-0.3, -0.25) is 9.59 Å². The van der Waals surface area contributed by atoms with Gasteiger partial charge in [0.25, 0.3) is 5.91 Å². The Bertz CT molecular complexity index is 1140. The summed E-state index contributed by atoms with van der Waals surface area (Å²) in [5, 5.41) is 4.61. The monoisotopic (exact) mass is 409 g/mol. The van der Waals surface area contributed by atoms with E-state index in [-0.39, 0.29) is 11.4 Å². The normalized spacial score (nSPS) is 16.2. The number of carbonyl (C=O) groups excluding carboxylic acids is 1. The summed E-state index contributed by atoms with van der Waals surface area (Å²) in [7, 11) is 0. The summed E-state index contributed by atoms with van der Waals surface area (Å²) in [4.78, 5) is 28.6. The van der Waals surface area contributed by atoms with Gasteiger partial charge >= 0.3 is 0 Å². The Balaban J connectivity index is 1.81. The van der Waals surface area contributed by atoms with Gasteiger partial charge in [0.15, 0.2) is 5.69 Å². The SMILES string of the molecule is Cc1cc(=O)c(C(=O)N2CCC(C)Sc3ccccc32)nn1-c1ccccc1F. The van der Waals surface area contributed by atoms with E-state index >= 15 is 0 Å². The van der Waals surface area contributed by atoms with Crippen LogP contribution in [-0.2, 0) is 0 Å². The molecule has 1 unspecified atom stereocenters. The summed E-state index contributed by atoms with van der Waals surface area (Å²) >= 11 is 1.71. The Morgan fingerprint density at radius 1 is 1.14 bits per heavy atom. The van der Waals surface area contributed by atoms with Crippen molar-refractivity contribution < 1.29 is 9.18 Å². The number of thioether (sulfide) groups is 1. The van der Waals surface area contributed by atoms with Gasteiger partial charge in [-0.1, -0.05) is 31.2 Å². The minimum absolute atomic E-state index is 0.194. The quantitative estimate of drug-likeness (QED) is 0.636. The van der Waals surface area contributed by atoms with Gasteiger partial charge in [0, 0.05) is 28.5 Å². The molecule has 1 aliphatic rings. The van der Waals surface area contributed by atoms with Crippen LogP contribution in [0.1, 0.15) is 29.5 Å². The molecule has 29 heavy (non-hydrogen) atoms. The number of rotatable bonds is 2. The van der Waals surface area contributed by atoms with E-state index in [9.17, 15) is 14.0 Å². The van der Waals surface area contributed by atoms with Crippen molar-refractivity contribution in [1.29, 1.82) is 0 Å². The standard InChI is InChI=1S/C22H20FN3O2S/c1-14-13-19(27)21(24-26(14)17-8-4-3-7-16(17)23)22(28)25-12-11-15(2)29-20-10-6-5-9-18(20)25/h3-10,13,15H,11-12H2,1-2H3. The summed E-state index contributed by atoms with van der Waals surface area (Å²) in [6.07, 6.45) is 0.790. The molecule has 0 aliphatic carbocycles. The van der Waals surface area contributed by atoms with E-state index in [0.29, 0.717) is 17.5 Å². The van der Waals surface area contributed by atoms with E-state index in [4.69, 9.17) is 0 Å². The van der Waals surface area contributed by atoms with E-state index in [1.165, 1.54) is 16.8 Å². The first-order valence-electron chi connectivity index (χ1n) is 9.39. The van der Waals surface area contributed by atoms with Crippen LogP contribution < -0.4 is 10.3 Å². The van der Waals surface area contributed by atoms with Gasteiger partial charge in [-0.25, -0.2) is 9.07 Å². The van der Waals surface area contributed by atoms with Gasteiger partial charge in [-0.15, -0.1) is 11.8 Å². The Labute approximate surface area is 172 Å². The Morgan fingerprint density at radius 3 is 2.59 bits per heavy atom. The third kappa shape index (κ3) is 3.70.